The van der Waals surface area contributed by atoms with Crippen LogP contribution in [0, 0.1) is 11.6 Å². The molecule has 2 rings (SSSR count). The van der Waals surface area contributed by atoms with Crippen molar-refractivity contribution in [2.24, 2.45) is 0 Å². The Hall–Kier alpha value is -2.83. The van der Waals surface area contributed by atoms with Gasteiger partial charge in [0, 0.05) is 7.05 Å². The summed E-state index contributed by atoms with van der Waals surface area (Å²) < 4.78 is 37.5. The molecule has 0 atom stereocenters. The molecule has 24 heavy (non-hydrogen) atoms. The Kier molecular flexibility index (Phi) is 5.95. The number of anilines is 1. The van der Waals surface area contributed by atoms with E-state index in [-0.39, 0.29) is 13.2 Å². The highest BCUT2D eigenvalue weighted by atomic mass is 19.1. The molecule has 0 spiro atoms. The normalized spacial score (nSPS) is 10.2. The van der Waals surface area contributed by atoms with Crippen molar-refractivity contribution in [1.82, 2.24) is 4.90 Å². The van der Waals surface area contributed by atoms with E-state index in [4.69, 9.17) is 9.47 Å². The molecule has 0 aliphatic heterocycles. The van der Waals surface area contributed by atoms with Crippen LogP contribution in [0.15, 0.2) is 42.5 Å². The van der Waals surface area contributed by atoms with Gasteiger partial charge in [0.25, 0.3) is 0 Å². The second kappa shape index (κ2) is 8.14. The number of methoxy groups -OCH3 is 1. The highest BCUT2D eigenvalue weighted by Crippen LogP contribution is 2.19. The van der Waals surface area contributed by atoms with E-state index in [0.29, 0.717) is 11.5 Å². The lowest BCUT2D eigenvalue weighted by Gasteiger charge is -2.18. The number of nitrogens with one attached hydrogen (secondary N) is 1. The molecule has 0 fully saturated rings. The standard InChI is InChI=1S/C17H18F2N2O3/c1-21(10-11-24-13-8-6-12(23-2)7-9-13)17(22)20-16-14(18)4-3-5-15(16)19/h3-9H,10-11H2,1-2H3,(H,20,22). The molecule has 0 radical (unpaired) electrons. The minimum absolute atomic E-state index is 0.232. The van der Waals surface area contributed by atoms with Crippen molar-refractivity contribution in [1.29, 1.82) is 0 Å². The first-order valence-corrected chi connectivity index (χ1v) is 7.24. The minimum Gasteiger partial charge on any atom is -0.497 e. The van der Waals surface area contributed by atoms with E-state index in [0.717, 1.165) is 12.1 Å². The summed E-state index contributed by atoms with van der Waals surface area (Å²) in [6.07, 6.45) is 0. The average Bonchev–Trinajstić information content (AvgIpc) is 2.58. The molecular weight excluding hydrogens is 318 g/mol. The Morgan fingerprint density at radius 3 is 2.25 bits per heavy atom. The fourth-order valence-corrected chi connectivity index (χ4v) is 1.89. The van der Waals surface area contributed by atoms with E-state index < -0.39 is 23.4 Å². The van der Waals surface area contributed by atoms with Crippen molar-refractivity contribution in [2.45, 2.75) is 0 Å². The largest absolute Gasteiger partial charge is 0.497 e. The molecule has 128 valence electrons. The zero-order chi connectivity index (χ0) is 17.5. The van der Waals surface area contributed by atoms with Gasteiger partial charge in [-0.3, -0.25) is 0 Å². The van der Waals surface area contributed by atoms with Gasteiger partial charge in [-0.15, -0.1) is 0 Å². The van der Waals surface area contributed by atoms with Crippen LogP contribution in [-0.4, -0.2) is 38.2 Å². The second-order valence-corrected chi connectivity index (χ2v) is 4.97. The number of rotatable bonds is 6. The third kappa shape index (κ3) is 4.58. The fourth-order valence-electron chi connectivity index (χ4n) is 1.89. The first-order valence-electron chi connectivity index (χ1n) is 7.24. The van der Waals surface area contributed by atoms with Crippen LogP contribution in [0.4, 0.5) is 19.3 Å². The van der Waals surface area contributed by atoms with Crippen LogP contribution in [0.1, 0.15) is 0 Å². The summed E-state index contributed by atoms with van der Waals surface area (Å²) in [5.74, 6) is -0.312. The van der Waals surface area contributed by atoms with Crippen LogP contribution >= 0.6 is 0 Å². The fraction of sp³-hybridized carbons (Fsp3) is 0.235. The van der Waals surface area contributed by atoms with Crippen molar-refractivity contribution in [2.75, 3.05) is 32.6 Å². The number of ether oxygens (including phenoxy) is 2. The summed E-state index contributed by atoms with van der Waals surface area (Å²) in [5, 5.41) is 2.21. The molecule has 2 amide bonds. The summed E-state index contributed by atoms with van der Waals surface area (Å²) >= 11 is 0. The van der Waals surface area contributed by atoms with Gasteiger partial charge in [-0.25, -0.2) is 13.6 Å². The first-order chi connectivity index (χ1) is 11.5. The average molecular weight is 336 g/mol. The molecule has 1 N–H and O–H groups in total. The first kappa shape index (κ1) is 17.5. The molecule has 0 unspecified atom stereocenters. The van der Waals surface area contributed by atoms with Crippen molar-refractivity contribution >= 4 is 11.7 Å². The number of carbonyl (C=O) groups excluding carboxylic acids is 1. The summed E-state index contributed by atoms with van der Waals surface area (Å²) in [6, 6.07) is 9.75. The Morgan fingerprint density at radius 2 is 1.67 bits per heavy atom. The predicted octanol–water partition coefficient (Wildman–Crippen LogP) is 3.52. The molecule has 0 aromatic heterocycles. The number of benzene rings is 2. The maximum absolute atomic E-state index is 13.5. The molecule has 0 aliphatic rings. The van der Waals surface area contributed by atoms with Crippen LogP contribution in [0.5, 0.6) is 11.5 Å². The topological polar surface area (TPSA) is 50.8 Å². The maximum Gasteiger partial charge on any atom is 0.321 e. The third-order valence-electron chi connectivity index (χ3n) is 3.30. The van der Waals surface area contributed by atoms with Crippen molar-refractivity contribution in [3.05, 3.63) is 54.1 Å². The smallest absolute Gasteiger partial charge is 0.321 e. The van der Waals surface area contributed by atoms with Crippen LogP contribution in [0.2, 0.25) is 0 Å². The minimum atomic E-state index is -0.828. The van der Waals surface area contributed by atoms with Crippen molar-refractivity contribution in [3.8, 4) is 11.5 Å². The second-order valence-electron chi connectivity index (χ2n) is 4.97. The summed E-state index contributed by atoms with van der Waals surface area (Å²) in [6.45, 7) is 0.476. The van der Waals surface area contributed by atoms with Gasteiger partial charge >= 0.3 is 6.03 Å². The summed E-state index contributed by atoms with van der Waals surface area (Å²) in [4.78, 5) is 13.2. The zero-order valence-corrected chi connectivity index (χ0v) is 13.4. The lowest BCUT2D eigenvalue weighted by atomic mass is 10.3. The monoisotopic (exact) mass is 336 g/mol. The van der Waals surface area contributed by atoms with Crippen LogP contribution in [0.3, 0.4) is 0 Å². The Balaban J connectivity index is 1.83. The van der Waals surface area contributed by atoms with Gasteiger partial charge in [0.1, 0.15) is 35.4 Å². The lowest BCUT2D eigenvalue weighted by Crippen LogP contribution is -2.35. The molecule has 2 aromatic rings. The third-order valence-corrected chi connectivity index (χ3v) is 3.30. The maximum atomic E-state index is 13.5. The van der Waals surface area contributed by atoms with Gasteiger partial charge in [0.05, 0.1) is 13.7 Å². The summed E-state index contributed by atoms with van der Waals surface area (Å²) in [5.41, 5.74) is -0.467. The van der Waals surface area contributed by atoms with Gasteiger partial charge in [-0.2, -0.15) is 0 Å². The number of amides is 2. The van der Waals surface area contributed by atoms with E-state index in [2.05, 4.69) is 5.32 Å². The number of likely N-dealkylation sites (N-methyl/N-ethyl adjacent to an activating group) is 1. The predicted molar refractivity (Wildman–Crippen MR) is 86.5 cm³/mol. The molecular formula is C17H18F2N2O3. The number of carbonyl (C=O) groups is 1. The zero-order valence-electron chi connectivity index (χ0n) is 13.4. The Labute approximate surface area is 138 Å². The van der Waals surface area contributed by atoms with E-state index in [1.165, 1.54) is 18.0 Å². The number of hydrogen-bond donors (Lipinski definition) is 1. The molecule has 0 heterocycles. The van der Waals surface area contributed by atoms with Gasteiger partial charge in [-0.05, 0) is 36.4 Å². The summed E-state index contributed by atoms with van der Waals surface area (Å²) in [7, 11) is 3.08. The molecule has 0 aliphatic carbocycles. The van der Waals surface area contributed by atoms with Crippen molar-refractivity contribution in [3.63, 3.8) is 0 Å². The number of halogens is 2. The van der Waals surface area contributed by atoms with Gasteiger partial charge < -0.3 is 19.7 Å². The molecule has 2 aromatic carbocycles. The van der Waals surface area contributed by atoms with Gasteiger partial charge in [0.15, 0.2) is 0 Å². The molecule has 0 bridgehead atoms. The highest BCUT2D eigenvalue weighted by Gasteiger charge is 2.14. The molecule has 0 saturated heterocycles. The lowest BCUT2D eigenvalue weighted by molar-refractivity contribution is 0.207. The Bertz CT molecular complexity index is 672. The molecule has 5 nitrogen and oxygen atoms in total. The van der Waals surface area contributed by atoms with Crippen LogP contribution < -0.4 is 14.8 Å². The van der Waals surface area contributed by atoms with Crippen LogP contribution in [-0.2, 0) is 0 Å². The number of hydrogen-bond acceptors (Lipinski definition) is 3. The Morgan fingerprint density at radius 1 is 1.08 bits per heavy atom. The van der Waals surface area contributed by atoms with Crippen LogP contribution in [0.25, 0.3) is 0 Å². The van der Waals surface area contributed by atoms with Crippen molar-refractivity contribution < 1.29 is 23.0 Å². The number of para-hydroxylation sites is 1. The van der Waals surface area contributed by atoms with E-state index in [9.17, 15) is 13.6 Å². The van der Waals surface area contributed by atoms with E-state index >= 15 is 0 Å². The van der Waals surface area contributed by atoms with Gasteiger partial charge in [0.2, 0.25) is 0 Å². The number of nitrogens with zero attached hydrogens (tertiary/aromatic N) is 1. The highest BCUT2D eigenvalue weighted by molar-refractivity contribution is 5.89. The van der Waals surface area contributed by atoms with E-state index in [1.54, 1.807) is 31.4 Å². The molecule has 7 heteroatoms. The van der Waals surface area contributed by atoms with E-state index in [1.807, 2.05) is 0 Å². The quantitative estimate of drug-likeness (QED) is 0.878. The number of urea groups is 1. The van der Waals surface area contributed by atoms with Gasteiger partial charge in [-0.1, -0.05) is 6.07 Å². The molecule has 0 saturated carbocycles. The SMILES string of the molecule is COc1ccc(OCCN(C)C(=O)Nc2c(F)cccc2F)cc1.